The Morgan fingerprint density at radius 3 is 2.30 bits per heavy atom. The highest BCUT2D eigenvalue weighted by Crippen LogP contribution is 2.26. The number of rotatable bonds is 7. The number of amides is 1. The van der Waals surface area contributed by atoms with E-state index in [9.17, 15) is 17.6 Å². The van der Waals surface area contributed by atoms with Gasteiger partial charge >= 0.3 is 0 Å². The molecule has 5 nitrogen and oxygen atoms in total. The zero-order valence-electron chi connectivity index (χ0n) is 16.3. The molecule has 2 aromatic rings. The summed E-state index contributed by atoms with van der Waals surface area (Å²) in [6, 6.07) is 11.0. The van der Waals surface area contributed by atoms with E-state index in [1.165, 1.54) is 16.4 Å². The first-order valence-electron chi connectivity index (χ1n) is 9.68. The maximum absolute atomic E-state index is 12.9. The van der Waals surface area contributed by atoms with Crippen LogP contribution >= 0.6 is 23.2 Å². The highest BCUT2D eigenvalue weighted by atomic mass is 35.5. The fourth-order valence-electron chi connectivity index (χ4n) is 3.45. The van der Waals surface area contributed by atoms with Crippen LogP contribution in [0.4, 0.5) is 4.39 Å². The normalized spacial score (nSPS) is 15.8. The topological polar surface area (TPSA) is 66.5 Å². The van der Waals surface area contributed by atoms with Crippen molar-refractivity contribution >= 4 is 39.1 Å². The second kappa shape index (κ2) is 10.1. The lowest BCUT2D eigenvalue weighted by Gasteiger charge is -2.30. The van der Waals surface area contributed by atoms with Crippen molar-refractivity contribution in [2.45, 2.75) is 25.0 Å². The van der Waals surface area contributed by atoms with Gasteiger partial charge in [-0.2, -0.15) is 0 Å². The van der Waals surface area contributed by atoms with Crippen LogP contribution in [0.1, 0.15) is 24.0 Å². The van der Waals surface area contributed by atoms with Gasteiger partial charge in [-0.3, -0.25) is 4.79 Å². The molecule has 2 aromatic carbocycles. The first kappa shape index (κ1) is 23.0. The molecule has 0 aliphatic carbocycles. The quantitative estimate of drug-likeness (QED) is 0.661. The summed E-state index contributed by atoms with van der Waals surface area (Å²) < 4.78 is 39.8. The third kappa shape index (κ3) is 6.17. The average Bonchev–Trinajstić information content (AvgIpc) is 2.72. The lowest BCUT2D eigenvalue weighted by atomic mass is 9.97. The SMILES string of the molecule is O=C(NCCc1ccc(F)cc1)C1CCN(S(=O)(=O)Cc2ccc(Cl)c(Cl)c2)CC1. The van der Waals surface area contributed by atoms with E-state index in [-0.39, 0.29) is 23.4 Å². The Balaban J connectivity index is 1.46. The molecule has 30 heavy (non-hydrogen) atoms. The molecule has 1 heterocycles. The number of nitrogens with one attached hydrogen (secondary N) is 1. The van der Waals surface area contributed by atoms with Gasteiger partial charge in [0.1, 0.15) is 5.82 Å². The van der Waals surface area contributed by atoms with E-state index in [1.807, 2.05) is 0 Å². The van der Waals surface area contributed by atoms with Crippen LogP contribution in [-0.2, 0) is 27.0 Å². The Bertz CT molecular complexity index is 992. The Hall–Kier alpha value is -1.67. The van der Waals surface area contributed by atoms with Gasteiger partial charge in [-0.1, -0.05) is 41.4 Å². The molecule has 1 N–H and O–H groups in total. The van der Waals surface area contributed by atoms with Gasteiger partial charge in [0.2, 0.25) is 15.9 Å². The Kier molecular flexibility index (Phi) is 7.74. The lowest BCUT2D eigenvalue weighted by Crippen LogP contribution is -2.43. The van der Waals surface area contributed by atoms with Crippen molar-refractivity contribution in [2.75, 3.05) is 19.6 Å². The molecule has 0 saturated carbocycles. The van der Waals surface area contributed by atoms with Gasteiger partial charge in [0.15, 0.2) is 0 Å². The molecule has 162 valence electrons. The van der Waals surface area contributed by atoms with E-state index < -0.39 is 10.0 Å². The summed E-state index contributed by atoms with van der Waals surface area (Å²) in [5.74, 6) is -0.727. The van der Waals surface area contributed by atoms with Crippen LogP contribution in [-0.4, -0.2) is 38.3 Å². The minimum Gasteiger partial charge on any atom is -0.356 e. The third-order valence-corrected chi connectivity index (χ3v) is 7.77. The van der Waals surface area contributed by atoms with Crippen molar-refractivity contribution in [1.29, 1.82) is 0 Å². The Morgan fingerprint density at radius 2 is 1.67 bits per heavy atom. The van der Waals surface area contributed by atoms with Crippen LogP contribution < -0.4 is 5.32 Å². The van der Waals surface area contributed by atoms with Crippen LogP contribution in [0.5, 0.6) is 0 Å². The molecule has 0 unspecified atom stereocenters. The number of sulfonamides is 1. The monoisotopic (exact) mass is 472 g/mol. The zero-order valence-corrected chi connectivity index (χ0v) is 18.6. The summed E-state index contributed by atoms with van der Waals surface area (Å²) in [4.78, 5) is 12.4. The van der Waals surface area contributed by atoms with Gasteiger partial charge < -0.3 is 5.32 Å². The van der Waals surface area contributed by atoms with Crippen molar-refractivity contribution in [1.82, 2.24) is 9.62 Å². The minimum atomic E-state index is -3.50. The van der Waals surface area contributed by atoms with E-state index in [2.05, 4.69) is 5.32 Å². The molecular weight excluding hydrogens is 450 g/mol. The van der Waals surface area contributed by atoms with Crippen molar-refractivity contribution in [2.24, 2.45) is 5.92 Å². The third-order valence-electron chi connectivity index (χ3n) is 5.18. The Morgan fingerprint density at radius 1 is 1.03 bits per heavy atom. The summed E-state index contributed by atoms with van der Waals surface area (Å²) in [6.45, 7) is 1.07. The maximum Gasteiger partial charge on any atom is 0.223 e. The summed E-state index contributed by atoms with van der Waals surface area (Å²) in [5.41, 5.74) is 1.52. The number of carbonyl (C=O) groups is 1. The second-order valence-electron chi connectivity index (χ2n) is 7.35. The van der Waals surface area contributed by atoms with Crippen molar-refractivity contribution in [3.63, 3.8) is 0 Å². The van der Waals surface area contributed by atoms with Gasteiger partial charge in [0, 0.05) is 25.6 Å². The standard InChI is InChI=1S/C21H23Cl2FN2O3S/c22-19-6-3-16(13-20(19)23)14-30(28,29)26-11-8-17(9-12-26)21(27)25-10-7-15-1-4-18(24)5-2-15/h1-6,13,17H,7-12,14H2,(H,25,27). The first-order chi connectivity index (χ1) is 14.2. The van der Waals surface area contributed by atoms with Crippen molar-refractivity contribution in [3.8, 4) is 0 Å². The molecule has 3 rings (SSSR count). The molecule has 9 heteroatoms. The molecule has 0 aromatic heterocycles. The predicted molar refractivity (Wildman–Crippen MR) is 116 cm³/mol. The van der Waals surface area contributed by atoms with E-state index in [4.69, 9.17) is 23.2 Å². The van der Waals surface area contributed by atoms with E-state index in [0.717, 1.165) is 5.56 Å². The molecule has 0 bridgehead atoms. The maximum atomic E-state index is 12.9. The molecule has 1 amide bonds. The summed E-state index contributed by atoms with van der Waals surface area (Å²) in [6.07, 6.45) is 1.56. The summed E-state index contributed by atoms with van der Waals surface area (Å²) in [7, 11) is -3.50. The van der Waals surface area contributed by atoms with Crippen molar-refractivity contribution < 1.29 is 17.6 Å². The number of hydrogen-bond donors (Lipinski definition) is 1. The zero-order chi connectivity index (χ0) is 21.7. The molecular formula is C21H23Cl2FN2O3S. The second-order valence-corrected chi connectivity index (χ2v) is 10.1. The van der Waals surface area contributed by atoms with Crippen LogP contribution in [0.25, 0.3) is 0 Å². The number of benzene rings is 2. The fourth-order valence-corrected chi connectivity index (χ4v) is 5.32. The number of piperidine rings is 1. The molecule has 1 aliphatic rings. The minimum absolute atomic E-state index is 0.0707. The van der Waals surface area contributed by atoms with Gasteiger partial charge in [0.05, 0.1) is 15.8 Å². The summed E-state index contributed by atoms with van der Waals surface area (Å²) in [5, 5.41) is 3.59. The average molecular weight is 473 g/mol. The largest absolute Gasteiger partial charge is 0.356 e. The molecule has 0 radical (unpaired) electrons. The van der Waals surface area contributed by atoms with E-state index >= 15 is 0 Å². The molecule has 0 spiro atoms. The number of hydrogen-bond acceptors (Lipinski definition) is 3. The lowest BCUT2D eigenvalue weighted by molar-refractivity contribution is -0.126. The Labute approximate surface area is 186 Å². The number of nitrogens with zero attached hydrogens (tertiary/aromatic N) is 1. The molecule has 1 saturated heterocycles. The molecule has 1 fully saturated rings. The van der Waals surface area contributed by atoms with Crippen molar-refractivity contribution in [3.05, 3.63) is 69.5 Å². The number of carbonyl (C=O) groups excluding carboxylic acids is 1. The van der Waals surface area contributed by atoms with E-state index in [1.54, 1.807) is 30.3 Å². The van der Waals surface area contributed by atoms with Crippen LogP contribution in [0.2, 0.25) is 10.0 Å². The van der Waals surface area contributed by atoms with E-state index in [0.29, 0.717) is 54.5 Å². The predicted octanol–water partition coefficient (Wildman–Crippen LogP) is 4.03. The molecule has 1 aliphatic heterocycles. The fraction of sp³-hybridized carbons (Fsp3) is 0.381. The summed E-state index contributed by atoms with van der Waals surface area (Å²) >= 11 is 11.8. The van der Waals surface area contributed by atoms with Crippen LogP contribution in [0.15, 0.2) is 42.5 Å². The molecule has 0 atom stereocenters. The number of halogens is 3. The van der Waals surface area contributed by atoms with Gasteiger partial charge in [0.25, 0.3) is 0 Å². The van der Waals surface area contributed by atoms with Gasteiger partial charge in [-0.25, -0.2) is 17.1 Å². The van der Waals surface area contributed by atoms with Crippen LogP contribution in [0.3, 0.4) is 0 Å². The first-order valence-corrected chi connectivity index (χ1v) is 12.0. The highest BCUT2D eigenvalue weighted by Gasteiger charge is 2.31. The van der Waals surface area contributed by atoms with Gasteiger partial charge in [-0.15, -0.1) is 0 Å². The van der Waals surface area contributed by atoms with Crippen LogP contribution in [0, 0.1) is 11.7 Å². The van der Waals surface area contributed by atoms with Gasteiger partial charge in [-0.05, 0) is 54.7 Å². The smallest absolute Gasteiger partial charge is 0.223 e. The highest BCUT2D eigenvalue weighted by molar-refractivity contribution is 7.88.